The van der Waals surface area contributed by atoms with Gasteiger partial charge in [0.2, 0.25) is 0 Å². The first kappa shape index (κ1) is 24.8. The van der Waals surface area contributed by atoms with E-state index in [0.29, 0.717) is 56.2 Å². The van der Waals surface area contributed by atoms with Crippen molar-refractivity contribution in [2.24, 2.45) is 5.92 Å². The third-order valence-electron chi connectivity index (χ3n) is 7.51. The second-order valence-corrected chi connectivity index (χ2v) is 9.97. The smallest absolute Gasteiger partial charge is 0.377 e. The molecule has 0 saturated carbocycles. The van der Waals surface area contributed by atoms with Crippen LogP contribution in [0.4, 0.5) is 13.2 Å². The third-order valence-corrected chi connectivity index (χ3v) is 7.51. The van der Waals surface area contributed by atoms with Crippen molar-refractivity contribution < 1.29 is 22.7 Å². The molecular weight excluding hydrogens is 443 g/mol. The van der Waals surface area contributed by atoms with Gasteiger partial charge in [-0.2, -0.15) is 13.2 Å². The molecule has 1 spiro atoms. The molecule has 3 heterocycles. The number of rotatable bonds is 5. The van der Waals surface area contributed by atoms with Crippen molar-refractivity contribution in [2.45, 2.75) is 57.5 Å². The van der Waals surface area contributed by atoms with Gasteiger partial charge < -0.3 is 14.2 Å². The quantitative estimate of drug-likeness (QED) is 0.585. The van der Waals surface area contributed by atoms with E-state index in [2.05, 4.69) is 18.7 Å². The molecule has 4 rings (SSSR count). The van der Waals surface area contributed by atoms with Gasteiger partial charge >= 0.3 is 6.18 Å². The Hall–Kier alpha value is -2.32. The number of carbonyl (C=O) groups excluding carboxylic acids is 1. The lowest BCUT2D eigenvalue weighted by Gasteiger charge is -2.50. The van der Waals surface area contributed by atoms with Gasteiger partial charge in [0.25, 0.3) is 5.91 Å². The highest BCUT2D eigenvalue weighted by atomic mass is 19.4. The number of alkyl halides is 3. The molecule has 1 amide bonds. The lowest BCUT2D eigenvalue weighted by molar-refractivity contribution is -0.144. The van der Waals surface area contributed by atoms with Crippen LogP contribution in [0.25, 0.3) is 0 Å². The highest BCUT2D eigenvalue weighted by Gasteiger charge is 2.47. The van der Waals surface area contributed by atoms with Gasteiger partial charge in [-0.15, -0.1) is 0 Å². The van der Waals surface area contributed by atoms with Crippen molar-refractivity contribution in [3.8, 4) is 0 Å². The van der Waals surface area contributed by atoms with E-state index in [4.69, 9.17) is 4.74 Å². The van der Waals surface area contributed by atoms with Gasteiger partial charge in [-0.05, 0) is 62.1 Å². The molecule has 2 aliphatic heterocycles. The van der Waals surface area contributed by atoms with E-state index < -0.39 is 17.4 Å². The van der Waals surface area contributed by atoms with Crippen LogP contribution in [0.3, 0.4) is 0 Å². The fraction of sp³-hybridized carbons (Fsp3) is 0.577. The normalized spacial score (nSPS) is 19.5. The predicted molar refractivity (Wildman–Crippen MR) is 125 cm³/mol. The van der Waals surface area contributed by atoms with E-state index in [1.54, 1.807) is 13.2 Å². The van der Waals surface area contributed by atoms with Crippen LogP contribution in [-0.2, 0) is 23.0 Å². The Balaban J connectivity index is 1.48. The molecule has 1 aromatic heterocycles. The first-order valence-corrected chi connectivity index (χ1v) is 12.0. The molecule has 1 saturated heterocycles. The number of hydrogen-bond donors (Lipinski definition) is 0. The van der Waals surface area contributed by atoms with Gasteiger partial charge in [0.05, 0.1) is 11.6 Å². The molecule has 1 aromatic carbocycles. The minimum Gasteiger partial charge on any atom is -0.377 e. The largest absolute Gasteiger partial charge is 0.431 e. The van der Waals surface area contributed by atoms with E-state index in [9.17, 15) is 18.0 Å². The number of amides is 1. The van der Waals surface area contributed by atoms with Gasteiger partial charge in [-0.25, -0.2) is 0 Å². The summed E-state index contributed by atoms with van der Waals surface area (Å²) in [5, 5.41) is 0. The molecule has 2 aromatic rings. The number of benzene rings is 1. The number of likely N-dealkylation sites (tertiary alicyclic amines) is 1. The topological polar surface area (TPSA) is 37.7 Å². The summed E-state index contributed by atoms with van der Waals surface area (Å²) in [4.78, 5) is 17.2. The summed E-state index contributed by atoms with van der Waals surface area (Å²) < 4.78 is 47.5. The summed E-state index contributed by atoms with van der Waals surface area (Å²) in [7, 11) is 3.68. The monoisotopic (exact) mass is 477 g/mol. The minimum absolute atomic E-state index is 0.00123. The standard InChI is InChI=1S/C26H34F3N3O2/c1-18(2)17-21(34-4)19-5-7-20(8-6-19)24(33)31-13-11-25(12-14-31)22-9-10-23(26(27,28)29)32(22)16-15-30(25)3/h5-10,18,21H,11-17H2,1-4H3. The zero-order chi connectivity index (χ0) is 24.7. The van der Waals surface area contributed by atoms with Crippen molar-refractivity contribution in [3.05, 3.63) is 58.9 Å². The number of likely N-dealkylation sites (N-methyl/N-ethyl adjacent to an activating group) is 1. The Bertz CT molecular complexity index is 1010. The number of carbonyl (C=O) groups is 1. The number of piperidine rings is 1. The summed E-state index contributed by atoms with van der Waals surface area (Å²) in [5.41, 5.74) is 1.32. The van der Waals surface area contributed by atoms with E-state index in [1.807, 2.05) is 36.2 Å². The van der Waals surface area contributed by atoms with Crippen LogP contribution < -0.4 is 0 Å². The summed E-state index contributed by atoms with van der Waals surface area (Å²) >= 11 is 0. The highest BCUT2D eigenvalue weighted by Crippen LogP contribution is 2.44. The Morgan fingerprint density at radius 3 is 2.24 bits per heavy atom. The van der Waals surface area contributed by atoms with Crippen molar-refractivity contribution in [1.82, 2.24) is 14.4 Å². The molecule has 0 bridgehead atoms. The van der Waals surface area contributed by atoms with E-state index in [0.717, 1.165) is 12.0 Å². The van der Waals surface area contributed by atoms with Crippen LogP contribution in [-0.4, -0.2) is 54.1 Å². The van der Waals surface area contributed by atoms with E-state index in [-0.39, 0.29) is 12.0 Å². The molecule has 1 atom stereocenters. The van der Waals surface area contributed by atoms with Crippen molar-refractivity contribution in [3.63, 3.8) is 0 Å². The Kier molecular flexibility index (Phi) is 6.84. The third kappa shape index (κ3) is 4.50. The van der Waals surface area contributed by atoms with Crippen LogP contribution in [0, 0.1) is 5.92 Å². The maximum Gasteiger partial charge on any atom is 0.431 e. The van der Waals surface area contributed by atoms with Crippen molar-refractivity contribution in [2.75, 3.05) is 33.8 Å². The average Bonchev–Trinajstić information content (AvgIpc) is 3.26. The molecule has 0 aliphatic carbocycles. The first-order chi connectivity index (χ1) is 16.1. The molecular formula is C26H34F3N3O2. The minimum atomic E-state index is -4.37. The molecule has 0 radical (unpaired) electrons. The highest BCUT2D eigenvalue weighted by molar-refractivity contribution is 5.94. The Morgan fingerprint density at radius 2 is 1.68 bits per heavy atom. The summed E-state index contributed by atoms with van der Waals surface area (Å²) in [6.45, 7) is 6.19. The molecule has 186 valence electrons. The molecule has 5 nitrogen and oxygen atoms in total. The lowest BCUT2D eigenvalue weighted by atomic mass is 9.81. The molecule has 0 N–H and O–H groups in total. The number of nitrogens with zero attached hydrogens (tertiary/aromatic N) is 3. The maximum absolute atomic E-state index is 13.5. The lowest BCUT2D eigenvalue weighted by Crippen LogP contribution is -2.56. The molecule has 8 heteroatoms. The molecule has 1 fully saturated rings. The van der Waals surface area contributed by atoms with Gasteiger partial charge in [-0.1, -0.05) is 26.0 Å². The fourth-order valence-corrected chi connectivity index (χ4v) is 5.56. The molecule has 1 unspecified atom stereocenters. The number of hydrogen-bond acceptors (Lipinski definition) is 3. The number of halogens is 3. The Labute approximate surface area is 199 Å². The van der Waals surface area contributed by atoms with Crippen LogP contribution >= 0.6 is 0 Å². The second-order valence-electron chi connectivity index (χ2n) is 9.97. The number of fused-ring (bicyclic) bond motifs is 2. The Morgan fingerprint density at radius 1 is 1.03 bits per heavy atom. The van der Waals surface area contributed by atoms with Gasteiger partial charge in [0.1, 0.15) is 5.69 Å². The number of ether oxygens (including phenoxy) is 1. The zero-order valence-corrected chi connectivity index (χ0v) is 20.4. The van der Waals surface area contributed by atoms with Gasteiger partial charge in [0, 0.05) is 44.5 Å². The van der Waals surface area contributed by atoms with Gasteiger partial charge in [-0.3, -0.25) is 9.69 Å². The number of methoxy groups -OCH3 is 1. The van der Waals surface area contributed by atoms with Crippen LogP contribution in [0.2, 0.25) is 0 Å². The van der Waals surface area contributed by atoms with E-state index in [1.165, 1.54) is 10.6 Å². The summed E-state index contributed by atoms with van der Waals surface area (Å²) in [6, 6.07) is 10.4. The van der Waals surface area contributed by atoms with Gasteiger partial charge in [0.15, 0.2) is 0 Å². The molecule has 2 aliphatic rings. The van der Waals surface area contributed by atoms with Crippen molar-refractivity contribution >= 4 is 5.91 Å². The maximum atomic E-state index is 13.5. The first-order valence-electron chi connectivity index (χ1n) is 12.0. The second kappa shape index (κ2) is 9.38. The van der Waals surface area contributed by atoms with Crippen LogP contribution in [0.5, 0.6) is 0 Å². The SMILES string of the molecule is COC(CC(C)C)c1ccc(C(=O)N2CCC3(CC2)c2ccc(C(F)(F)F)n2CCN3C)cc1. The average molecular weight is 478 g/mol. The fourth-order valence-electron chi connectivity index (χ4n) is 5.56. The zero-order valence-electron chi connectivity index (χ0n) is 20.4. The summed E-state index contributed by atoms with van der Waals surface area (Å²) in [6.07, 6.45) is -2.25. The number of aromatic nitrogens is 1. The van der Waals surface area contributed by atoms with E-state index >= 15 is 0 Å². The van der Waals surface area contributed by atoms with Crippen LogP contribution in [0.1, 0.15) is 66.5 Å². The van der Waals surface area contributed by atoms with Crippen LogP contribution in [0.15, 0.2) is 36.4 Å². The summed E-state index contributed by atoms with van der Waals surface area (Å²) in [5.74, 6) is 0.460. The predicted octanol–water partition coefficient (Wildman–Crippen LogP) is 5.32. The van der Waals surface area contributed by atoms with Crippen molar-refractivity contribution in [1.29, 1.82) is 0 Å². The molecule has 34 heavy (non-hydrogen) atoms.